The second-order valence-electron chi connectivity index (χ2n) is 7.82. The Morgan fingerprint density at radius 2 is 1.80 bits per heavy atom. The molecule has 2 heterocycles. The van der Waals surface area contributed by atoms with Gasteiger partial charge >= 0.3 is 0 Å². The van der Waals surface area contributed by atoms with Crippen molar-refractivity contribution in [2.24, 2.45) is 10.7 Å². The number of nitrogen functional groups attached to an aromatic ring is 1. The Balaban J connectivity index is 1.56. The van der Waals surface area contributed by atoms with Gasteiger partial charge in [0.15, 0.2) is 0 Å². The zero-order valence-corrected chi connectivity index (χ0v) is 17.1. The van der Waals surface area contributed by atoms with Crippen molar-refractivity contribution in [3.05, 3.63) is 59.2 Å². The van der Waals surface area contributed by atoms with Crippen LogP contribution in [0, 0.1) is 13.8 Å². The van der Waals surface area contributed by atoms with Crippen LogP contribution in [0.5, 0.6) is 0 Å². The standard InChI is InChI=1S/C22H25N7O/c1-13-18(14(2)29-28-13)10-19(30)27-20(23)22(8-3-9-22)17-6-4-15(5-7-17)16-11-25-21(24)26-12-16/h4-7,11-12H,3,8-10H2,1-2H3,(H,28,29)(H2,23,27,30)(H2,24,25,26). The number of hydrogen-bond donors (Lipinski definition) is 3. The highest BCUT2D eigenvalue weighted by molar-refractivity contribution is 6.01. The molecule has 2 aromatic heterocycles. The predicted octanol–water partition coefficient (Wildman–Crippen LogP) is 2.61. The summed E-state index contributed by atoms with van der Waals surface area (Å²) in [6.45, 7) is 3.77. The van der Waals surface area contributed by atoms with Gasteiger partial charge in [-0.15, -0.1) is 0 Å². The third-order valence-electron chi connectivity index (χ3n) is 5.99. The number of carbonyl (C=O) groups excluding carboxylic acids is 1. The molecule has 154 valence electrons. The van der Waals surface area contributed by atoms with E-state index in [2.05, 4.69) is 25.2 Å². The summed E-state index contributed by atoms with van der Waals surface area (Å²) in [7, 11) is 0. The molecule has 0 spiro atoms. The second kappa shape index (κ2) is 7.70. The summed E-state index contributed by atoms with van der Waals surface area (Å²) in [6, 6.07) is 8.11. The lowest BCUT2D eigenvalue weighted by Crippen LogP contribution is -2.47. The summed E-state index contributed by atoms with van der Waals surface area (Å²) in [4.78, 5) is 24.9. The third kappa shape index (κ3) is 3.56. The van der Waals surface area contributed by atoms with E-state index in [4.69, 9.17) is 11.5 Å². The fraction of sp³-hybridized carbons (Fsp3) is 0.318. The molecule has 5 N–H and O–H groups in total. The molecule has 1 saturated carbocycles. The molecule has 0 unspecified atom stereocenters. The Hall–Kier alpha value is -3.55. The van der Waals surface area contributed by atoms with E-state index in [1.54, 1.807) is 12.4 Å². The van der Waals surface area contributed by atoms with Crippen LogP contribution in [0.15, 0.2) is 41.7 Å². The topological polar surface area (TPSA) is 136 Å². The fourth-order valence-electron chi connectivity index (χ4n) is 3.96. The first kappa shape index (κ1) is 19.8. The molecular formula is C22H25N7O. The molecular weight excluding hydrogens is 378 g/mol. The molecule has 30 heavy (non-hydrogen) atoms. The number of amidine groups is 1. The minimum atomic E-state index is -0.383. The number of hydrogen-bond acceptors (Lipinski definition) is 5. The van der Waals surface area contributed by atoms with Gasteiger partial charge in [0, 0.05) is 29.2 Å². The summed E-state index contributed by atoms with van der Waals surface area (Å²) in [6.07, 6.45) is 6.40. The van der Waals surface area contributed by atoms with Crippen LogP contribution in [0.25, 0.3) is 11.1 Å². The number of aromatic amines is 1. The van der Waals surface area contributed by atoms with Crippen molar-refractivity contribution in [1.82, 2.24) is 20.2 Å². The first-order valence-electron chi connectivity index (χ1n) is 9.95. The van der Waals surface area contributed by atoms with E-state index in [-0.39, 0.29) is 23.7 Å². The van der Waals surface area contributed by atoms with Crippen LogP contribution in [0.3, 0.4) is 0 Å². The molecule has 3 aromatic rings. The number of nitrogens with zero attached hydrogens (tertiary/aromatic N) is 4. The maximum Gasteiger partial charge on any atom is 0.251 e. The lowest BCUT2D eigenvalue weighted by atomic mass is 9.63. The lowest BCUT2D eigenvalue weighted by Gasteiger charge is -2.41. The number of amides is 1. The quantitative estimate of drug-likeness (QED) is 0.442. The van der Waals surface area contributed by atoms with Crippen LogP contribution in [-0.2, 0) is 16.6 Å². The first-order chi connectivity index (χ1) is 14.4. The maximum atomic E-state index is 12.6. The molecule has 8 heteroatoms. The van der Waals surface area contributed by atoms with Gasteiger partial charge in [-0.1, -0.05) is 30.7 Å². The zero-order chi connectivity index (χ0) is 21.3. The van der Waals surface area contributed by atoms with Gasteiger partial charge in [-0.25, -0.2) is 9.97 Å². The average Bonchev–Trinajstić information content (AvgIpc) is 3.00. The second-order valence-corrected chi connectivity index (χ2v) is 7.82. The number of aryl methyl sites for hydroxylation is 2. The van der Waals surface area contributed by atoms with Crippen LogP contribution in [-0.4, -0.2) is 31.9 Å². The van der Waals surface area contributed by atoms with Gasteiger partial charge in [0.2, 0.25) is 5.95 Å². The molecule has 0 atom stereocenters. The molecule has 1 aromatic carbocycles. The highest BCUT2D eigenvalue weighted by Gasteiger charge is 2.42. The van der Waals surface area contributed by atoms with E-state index in [0.29, 0.717) is 5.84 Å². The van der Waals surface area contributed by atoms with Gasteiger partial charge in [0.1, 0.15) is 5.84 Å². The van der Waals surface area contributed by atoms with Crippen LogP contribution in [0.2, 0.25) is 0 Å². The maximum absolute atomic E-state index is 12.6. The van der Waals surface area contributed by atoms with E-state index in [9.17, 15) is 4.79 Å². The third-order valence-corrected chi connectivity index (χ3v) is 5.99. The van der Waals surface area contributed by atoms with Gasteiger partial charge in [0.25, 0.3) is 5.91 Å². The summed E-state index contributed by atoms with van der Waals surface area (Å²) < 4.78 is 0. The van der Waals surface area contributed by atoms with Gasteiger partial charge < -0.3 is 11.5 Å². The van der Waals surface area contributed by atoms with E-state index in [1.165, 1.54) is 0 Å². The molecule has 8 nitrogen and oxygen atoms in total. The molecule has 0 bridgehead atoms. The van der Waals surface area contributed by atoms with Crippen LogP contribution < -0.4 is 11.5 Å². The number of aliphatic imine (C=N–C) groups is 1. The molecule has 0 aliphatic heterocycles. The molecule has 1 aliphatic carbocycles. The fourth-order valence-corrected chi connectivity index (χ4v) is 3.96. The predicted molar refractivity (Wildman–Crippen MR) is 116 cm³/mol. The number of nitrogens with one attached hydrogen (secondary N) is 1. The summed E-state index contributed by atoms with van der Waals surface area (Å²) >= 11 is 0. The summed E-state index contributed by atoms with van der Waals surface area (Å²) in [5.41, 5.74) is 17.1. The zero-order valence-electron chi connectivity index (χ0n) is 17.1. The first-order valence-corrected chi connectivity index (χ1v) is 9.95. The van der Waals surface area contributed by atoms with Crippen molar-refractivity contribution in [1.29, 1.82) is 0 Å². The normalized spacial score (nSPS) is 15.6. The molecule has 1 fully saturated rings. The number of benzene rings is 1. The van der Waals surface area contributed by atoms with Crippen molar-refractivity contribution in [3.8, 4) is 11.1 Å². The van der Waals surface area contributed by atoms with E-state index in [0.717, 1.165) is 52.9 Å². The summed E-state index contributed by atoms with van der Waals surface area (Å²) in [5.74, 6) is 0.390. The Kier molecular flexibility index (Phi) is 5.07. The minimum absolute atomic E-state index is 0.195. The van der Waals surface area contributed by atoms with Crippen molar-refractivity contribution in [3.63, 3.8) is 0 Å². The largest absolute Gasteiger partial charge is 0.386 e. The van der Waals surface area contributed by atoms with Crippen molar-refractivity contribution in [2.45, 2.75) is 44.9 Å². The van der Waals surface area contributed by atoms with Gasteiger partial charge in [-0.05, 0) is 37.8 Å². The van der Waals surface area contributed by atoms with Gasteiger partial charge in [-0.2, -0.15) is 10.1 Å². The number of nitrogens with two attached hydrogens (primary N) is 2. The van der Waals surface area contributed by atoms with E-state index in [1.807, 2.05) is 38.1 Å². The van der Waals surface area contributed by atoms with Crippen LogP contribution in [0.1, 0.15) is 41.8 Å². The highest BCUT2D eigenvalue weighted by atomic mass is 16.1. The average molecular weight is 403 g/mol. The summed E-state index contributed by atoms with van der Waals surface area (Å²) in [5, 5.41) is 7.04. The van der Waals surface area contributed by atoms with Gasteiger partial charge in [0.05, 0.1) is 17.5 Å². The highest BCUT2D eigenvalue weighted by Crippen LogP contribution is 2.44. The molecule has 1 aliphatic rings. The minimum Gasteiger partial charge on any atom is -0.386 e. The van der Waals surface area contributed by atoms with E-state index < -0.39 is 0 Å². The number of aromatic nitrogens is 4. The molecule has 1 amide bonds. The Labute approximate surface area is 174 Å². The van der Waals surface area contributed by atoms with Crippen LogP contribution in [0.4, 0.5) is 5.95 Å². The van der Waals surface area contributed by atoms with E-state index >= 15 is 0 Å². The molecule has 0 saturated heterocycles. The van der Waals surface area contributed by atoms with Crippen molar-refractivity contribution >= 4 is 17.7 Å². The van der Waals surface area contributed by atoms with Gasteiger partial charge in [-0.3, -0.25) is 9.89 Å². The SMILES string of the molecule is Cc1n[nH]c(C)c1CC(=O)N=C(N)C1(c2ccc(-c3cnc(N)nc3)cc2)CCC1. The van der Waals surface area contributed by atoms with Crippen molar-refractivity contribution in [2.75, 3.05) is 5.73 Å². The monoisotopic (exact) mass is 403 g/mol. The smallest absolute Gasteiger partial charge is 0.251 e. The van der Waals surface area contributed by atoms with Crippen LogP contribution >= 0.6 is 0 Å². The Morgan fingerprint density at radius 3 is 2.33 bits per heavy atom. The number of H-pyrrole nitrogens is 1. The number of anilines is 1. The number of rotatable bonds is 5. The number of carbonyl (C=O) groups is 1. The Morgan fingerprint density at radius 1 is 1.13 bits per heavy atom. The lowest BCUT2D eigenvalue weighted by molar-refractivity contribution is -0.117. The molecule has 4 rings (SSSR count). The Bertz CT molecular complexity index is 1070. The molecule has 0 radical (unpaired) electrons. The van der Waals surface area contributed by atoms with Crippen molar-refractivity contribution < 1.29 is 4.79 Å².